The van der Waals surface area contributed by atoms with Crippen LogP contribution in [0.1, 0.15) is 49.5 Å². The molecule has 0 aromatic heterocycles. The summed E-state index contributed by atoms with van der Waals surface area (Å²) < 4.78 is 0. The van der Waals surface area contributed by atoms with Gasteiger partial charge in [0.15, 0.2) is 0 Å². The van der Waals surface area contributed by atoms with Gasteiger partial charge in [0.05, 0.1) is 0 Å². The fraction of sp³-hybridized carbons (Fsp3) is 0.588. The first kappa shape index (κ1) is 13.9. The first-order valence-electron chi connectivity index (χ1n) is 7.77. The zero-order valence-electron chi connectivity index (χ0n) is 11.8. The van der Waals surface area contributed by atoms with Gasteiger partial charge in [-0.3, -0.25) is 4.79 Å². The van der Waals surface area contributed by atoms with Crippen LogP contribution in [0.5, 0.6) is 0 Å². The largest absolute Gasteiger partial charge is 0.338 e. The monoisotopic (exact) mass is 291 g/mol. The fourth-order valence-electron chi connectivity index (χ4n) is 3.81. The minimum absolute atomic E-state index is 0.106. The van der Waals surface area contributed by atoms with Crippen molar-refractivity contribution >= 4 is 17.5 Å². The number of hydrogen-bond donors (Lipinski definition) is 0. The third-order valence-corrected chi connectivity index (χ3v) is 5.27. The van der Waals surface area contributed by atoms with E-state index in [0.717, 1.165) is 24.9 Å². The fourth-order valence-corrected chi connectivity index (χ4v) is 4.08. The number of piperidine rings is 1. The number of likely N-dealkylation sites (tertiary alicyclic amines) is 1. The Morgan fingerprint density at radius 1 is 1.10 bits per heavy atom. The van der Waals surface area contributed by atoms with Gasteiger partial charge in [0.2, 0.25) is 5.91 Å². The van der Waals surface area contributed by atoms with Gasteiger partial charge in [0.1, 0.15) is 5.38 Å². The van der Waals surface area contributed by atoms with Gasteiger partial charge in [-0.05, 0) is 37.2 Å². The summed E-state index contributed by atoms with van der Waals surface area (Å²) >= 11 is 6.43. The number of rotatable bonds is 2. The quantitative estimate of drug-likeness (QED) is 0.750. The topological polar surface area (TPSA) is 20.3 Å². The Balaban J connectivity index is 1.75. The second-order valence-corrected chi connectivity index (χ2v) is 6.50. The number of fused-ring (bicyclic) bond motifs is 1. The van der Waals surface area contributed by atoms with Gasteiger partial charge in [-0.2, -0.15) is 0 Å². The van der Waals surface area contributed by atoms with E-state index in [1.54, 1.807) is 0 Å². The Kier molecular flexibility index (Phi) is 4.30. The molecular formula is C17H22ClNO. The molecule has 1 heterocycles. The molecule has 1 saturated heterocycles. The van der Waals surface area contributed by atoms with Gasteiger partial charge >= 0.3 is 0 Å². The van der Waals surface area contributed by atoms with E-state index in [2.05, 4.69) is 4.90 Å². The average Bonchev–Trinajstić information content (AvgIpc) is 2.54. The van der Waals surface area contributed by atoms with Gasteiger partial charge < -0.3 is 4.90 Å². The zero-order valence-corrected chi connectivity index (χ0v) is 12.6. The maximum absolute atomic E-state index is 12.7. The maximum Gasteiger partial charge on any atom is 0.245 e. The van der Waals surface area contributed by atoms with Crippen LogP contribution in [0.2, 0.25) is 0 Å². The highest BCUT2D eigenvalue weighted by molar-refractivity contribution is 6.30. The van der Waals surface area contributed by atoms with E-state index >= 15 is 0 Å². The lowest BCUT2D eigenvalue weighted by molar-refractivity contribution is -0.137. The standard InChI is InChI=1S/C17H22ClNO/c18-16(14-8-2-1-3-9-14)17(20)19-12-6-10-13-7-4-5-11-15(13)19/h1-3,8-9,13,15-16H,4-7,10-12H2/t13-,15-,16?/m1/s1. The van der Waals surface area contributed by atoms with Gasteiger partial charge in [-0.1, -0.05) is 43.2 Å². The highest BCUT2D eigenvalue weighted by atomic mass is 35.5. The molecule has 1 aliphatic heterocycles. The van der Waals surface area contributed by atoms with Crippen LogP contribution in [0.3, 0.4) is 0 Å². The van der Waals surface area contributed by atoms with Crippen LogP contribution in [-0.2, 0) is 4.79 Å². The van der Waals surface area contributed by atoms with E-state index in [9.17, 15) is 4.79 Å². The van der Waals surface area contributed by atoms with Crippen LogP contribution in [0.25, 0.3) is 0 Å². The van der Waals surface area contributed by atoms with Crippen molar-refractivity contribution in [2.45, 2.75) is 49.9 Å². The van der Waals surface area contributed by atoms with E-state index in [1.807, 2.05) is 30.3 Å². The average molecular weight is 292 g/mol. The summed E-state index contributed by atoms with van der Waals surface area (Å²) in [5, 5.41) is -0.531. The summed E-state index contributed by atoms with van der Waals surface area (Å²) in [6.07, 6.45) is 7.44. The van der Waals surface area contributed by atoms with Crippen molar-refractivity contribution in [3.05, 3.63) is 35.9 Å². The van der Waals surface area contributed by atoms with Crippen molar-refractivity contribution in [3.8, 4) is 0 Å². The molecule has 0 spiro atoms. The highest BCUT2D eigenvalue weighted by Gasteiger charge is 2.37. The minimum Gasteiger partial charge on any atom is -0.338 e. The van der Waals surface area contributed by atoms with E-state index in [1.165, 1.54) is 25.7 Å². The van der Waals surface area contributed by atoms with Crippen molar-refractivity contribution in [1.29, 1.82) is 0 Å². The van der Waals surface area contributed by atoms with Gasteiger partial charge in [0, 0.05) is 12.6 Å². The second-order valence-electron chi connectivity index (χ2n) is 6.06. The number of halogens is 1. The lowest BCUT2D eigenvalue weighted by Gasteiger charge is -2.44. The highest BCUT2D eigenvalue weighted by Crippen LogP contribution is 2.37. The van der Waals surface area contributed by atoms with E-state index in [4.69, 9.17) is 11.6 Å². The molecule has 1 unspecified atom stereocenters. The zero-order chi connectivity index (χ0) is 13.9. The van der Waals surface area contributed by atoms with Gasteiger partial charge in [-0.25, -0.2) is 0 Å². The molecule has 0 radical (unpaired) electrons. The molecule has 1 amide bonds. The molecule has 1 aliphatic carbocycles. The molecule has 2 aliphatic rings. The summed E-state index contributed by atoms with van der Waals surface area (Å²) in [6.45, 7) is 0.885. The molecule has 1 aromatic carbocycles. The molecular weight excluding hydrogens is 270 g/mol. The van der Waals surface area contributed by atoms with Crippen LogP contribution in [-0.4, -0.2) is 23.4 Å². The Hall–Kier alpha value is -1.02. The molecule has 2 fully saturated rings. The van der Waals surface area contributed by atoms with E-state index < -0.39 is 5.38 Å². The Morgan fingerprint density at radius 3 is 2.60 bits per heavy atom. The number of carbonyl (C=O) groups excluding carboxylic acids is 1. The maximum atomic E-state index is 12.7. The molecule has 3 heteroatoms. The molecule has 3 atom stereocenters. The van der Waals surface area contributed by atoms with Crippen molar-refractivity contribution in [2.75, 3.05) is 6.54 Å². The Morgan fingerprint density at radius 2 is 1.80 bits per heavy atom. The predicted molar refractivity (Wildman–Crippen MR) is 81.7 cm³/mol. The summed E-state index contributed by atoms with van der Waals surface area (Å²) in [5.41, 5.74) is 0.914. The number of amides is 1. The molecule has 20 heavy (non-hydrogen) atoms. The molecule has 1 aromatic rings. The van der Waals surface area contributed by atoms with E-state index in [-0.39, 0.29) is 5.91 Å². The normalized spacial score (nSPS) is 27.8. The summed E-state index contributed by atoms with van der Waals surface area (Å²) in [5.74, 6) is 0.815. The third kappa shape index (κ3) is 2.71. The Labute approximate surface area is 126 Å². The molecule has 108 valence electrons. The van der Waals surface area contributed by atoms with Crippen molar-refractivity contribution in [2.24, 2.45) is 5.92 Å². The lowest BCUT2D eigenvalue weighted by atomic mass is 9.78. The van der Waals surface area contributed by atoms with Crippen LogP contribution in [0.15, 0.2) is 30.3 Å². The number of alkyl halides is 1. The summed E-state index contributed by atoms with van der Waals surface area (Å²) in [4.78, 5) is 14.8. The van der Waals surface area contributed by atoms with Crippen molar-refractivity contribution in [1.82, 2.24) is 4.90 Å². The first-order valence-corrected chi connectivity index (χ1v) is 8.20. The SMILES string of the molecule is O=C(C(Cl)c1ccccc1)N1CCC[C@H]2CCCC[C@H]21. The summed E-state index contributed by atoms with van der Waals surface area (Å²) in [7, 11) is 0. The number of nitrogens with zero attached hydrogens (tertiary/aromatic N) is 1. The number of benzene rings is 1. The molecule has 0 bridgehead atoms. The van der Waals surface area contributed by atoms with E-state index in [0.29, 0.717) is 12.0 Å². The predicted octanol–water partition coefficient (Wildman–Crippen LogP) is 4.15. The molecule has 2 nitrogen and oxygen atoms in total. The van der Waals surface area contributed by atoms with Gasteiger partial charge in [0.25, 0.3) is 0 Å². The lowest BCUT2D eigenvalue weighted by Crippen LogP contribution is -2.50. The smallest absolute Gasteiger partial charge is 0.245 e. The van der Waals surface area contributed by atoms with Crippen LogP contribution in [0.4, 0.5) is 0 Å². The van der Waals surface area contributed by atoms with Crippen LogP contribution in [0, 0.1) is 5.92 Å². The number of carbonyl (C=O) groups is 1. The van der Waals surface area contributed by atoms with Crippen molar-refractivity contribution in [3.63, 3.8) is 0 Å². The molecule has 1 saturated carbocycles. The molecule has 3 rings (SSSR count). The second kappa shape index (κ2) is 6.17. The minimum atomic E-state index is -0.531. The van der Waals surface area contributed by atoms with Crippen LogP contribution < -0.4 is 0 Å². The van der Waals surface area contributed by atoms with Crippen LogP contribution >= 0.6 is 11.6 Å². The summed E-state index contributed by atoms with van der Waals surface area (Å²) in [6, 6.07) is 10.2. The van der Waals surface area contributed by atoms with Gasteiger partial charge in [-0.15, -0.1) is 11.6 Å². The Bertz CT molecular complexity index is 459. The molecule has 0 N–H and O–H groups in total. The number of hydrogen-bond acceptors (Lipinski definition) is 1. The first-order chi connectivity index (χ1) is 9.77. The van der Waals surface area contributed by atoms with Crippen molar-refractivity contribution < 1.29 is 4.79 Å². The third-order valence-electron chi connectivity index (χ3n) is 4.84.